The lowest BCUT2D eigenvalue weighted by Crippen LogP contribution is -2.61. The molecule has 3 fully saturated rings. The number of carbonyl (C=O) groups excluding carboxylic acids is 1. The van der Waals surface area contributed by atoms with Crippen molar-refractivity contribution in [2.45, 2.75) is 44.5 Å². The molecular weight excluding hydrogens is 276 g/mol. The molecule has 0 amide bonds. The number of rotatable bonds is 3. The highest BCUT2D eigenvalue weighted by Gasteiger charge is 2.70. The number of hydrogen-bond donors (Lipinski definition) is 4. The Labute approximate surface area is 123 Å². The molecule has 0 aromatic heterocycles. The highest BCUT2D eigenvalue weighted by atomic mass is 16.6. The maximum Gasteiger partial charge on any atom is 0.310 e. The zero-order chi connectivity index (χ0) is 15.6. The smallest absolute Gasteiger partial charge is 0.310 e. The first-order chi connectivity index (χ1) is 9.79. The molecule has 6 nitrogen and oxygen atoms in total. The fraction of sp³-hybridized carbons (Fsp3) is 0.933. The molecule has 0 aromatic rings. The summed E-state index contributed by atoms with van der Waals surface area (Å²) in [5, 5.41) is 40.3. The predicted molar refractivity (Wildman–Crippen MR) is 72.0 cm³/mol. The first-order valence-electron chi connectivity index (χ1n) is 7.61. The van der Waals surface area contributed by atoms with Crippen LogP contribution in [0.15, 0.2) is 0 Å². The van der Waals surface area contributed by atoms with Gasteiger partial charge >= 0.3 is 5.97 Å². The summed E-state index contributed by atoms with van der Waals surface area (Å²) in [5.41, 5.74) is -2.06. The summed E-state index contributed by atoms with van der Waals surface area (Å²) in [5.74, 6) is -1.75. The van der Waals surface area contributed by atoms with Gasteiger partial charge in [0.2, 0.25) is 0 Å². The maximum atomic E-state index is 12.3. The van der Waals surface area contributed by atoms with Gasteiger partial charge < -0.3 is 25.2 Å². The molecule has 0 radical (unpaired) electrons. The van der Waals surface area contributed by atoms with E-state index in [1.165, 1.54) is 6.92 Å². The normalized spacial score (nSPS) is 51.4. The zero-order valence-corrected chi connectivity index (χ0v) is 12.4. The average molecular weight is 300 g/mol. The van der Waals surface area contributed by atoms with E-state index >= 15 is 0 Å². The van der Waals surface area contributed by atoms with Crippen molar-refractivity contribution in [3.63, 3.8) is 0 Å². The molecule has 21 heavy (non-hydrogen) atoms. The highest BCUT2D eigenvalue weighted by Crippen LogP contribution is 2.63. The van der Waals surface area contributed by atoms with Crippen molar-refractivity contribution in [2.24, 2.45) is 29.1 Å². The van der Waals surface area contributed by atoms with Gasteiger partial charge in [-0.15, -0.1) is 0 Å². The molecule has 6 heteroatoms. The van der Waals surface area contributed by atoms with Gasteiger partial charge in [0.15, 0.2) is 0 Å². The van der Waals surface area contributed by atoms with Crippen LogP contribution in [-0.4, -0.2) is 57.4 Å². The van der Waals surface area contributed by atoms with Crippen LogP contribution in [0.25, 0.3) is 0 Å². The van der Waals surface area contributed by atoms with Gasteiger partial charge in [-0.1, -0.05) is 6.92 Å². The van der Waals surface area contributed by atoms with Crippen molar-refractivity contribution in [1.82, 2.24) is 0 Å². The molecule has 0 aromatic carbocycles. The zero-order valence-electron chi connectivity index (χ0n) is 12.4. The van der Waals surface area contributed by atoms with E-state index < -0.39 is 47.6 Å². The van der Waals surface area contributed by atoms with Gasteiger partial charge in [-0.3, -0.25) is 4.79 Å². The van der Waals surface area contributed by atoms with Crippen LogP contribution in [0.1, 0.15) is 26.7 Å². The summed E-state index contributed by atoms with van der Waals surface area (Å²) < 4.78 is 5.35. The van der Waals surface area contributed by atoms with Crippen molar-refractivity contribution in [1.29, 1.82) is 0 Å². The lowest BCUT2D eigenvalue weighted by atomic mass is 9.54. The maximum absolute atomic E-state index is 12.3. The third-order valence-corrected chi connectivity index (χ3v) is 6.41. The number of esters is 1. The second-order valence-corrected chi connectivity index (χ2v) is 7.34. The molecule has 3 rings (SSSR count). The van der Waals surface area contributed by atoms with E-state index in [2.05, 4.69) is 0 Å². The van der Waals surface area contributed by atoms with Gasteiger partial charge in [-0.25, -0.2) is 0 Å². The number of aliphatic hydroxyl groups excluding tert-OH is 3. The quantitative estimate of drug-likeness (QED) is 0.513. The second-order valence-electron chi connectivity index (χ2n) is 7.34. The molecular formula is C15H24O6. The molecule has 2 saturated carbocycles. The summed E-state index contributed by atoms with van der Waals surface area (Å²) in [6.07, 6.45) is -0.298. The molecule has 1 saturated heterocycles. The Morgan fingerprint density at radius 1 is 1.38 bits per heavy atom. The molecule has 2 bridgehead atoms. The van der Waals surface area contributed by atoms with Crippen LogP contribution in [0.4, 0.5) is 0 Å². The Morgan fingerprint density at radius 2 is 2.05 bits per heavy atom. The van der Waals surface area contributed by atoms with E-state index in [0.717, 1.165) is 6.42 Å². The van der Waals surface area contributed by atoms with Crippen LogP contribution in [-0.2, 0) is 9.53 Å². The fourth-order valence-corrected chi connectivity index (χ4v) is 5.13. The Balaban J connectivity index is 2.05. The molecule has 120 valence electrons. The Hall–Kier alpha value is -0.690. The Morgan fingerprint density at radius 3 is 2.62 bits per heavy atom. The van der Waals surface area contributed by atoms with Crippen LogP contribution in [0.3, 0.4) is 0 Å². The number of carbonyl (C=O) groups is 1. The topological polar surface area (TPSA) is 107 Å². The van der Waals surface area contributed by atoms with Crippen molar-refractivity contribution in [3.05, 3.63) is 0 Å². The SMILES string of the molecule is CC(O)(CO)[C@@H]1[C@H]2OC(=O)[C@@H]1[C@@H]1CC[C@@H](CO)[C@]1(C)[C@@H]2O. The van der Waals surface area contributed by atoms with E-state index in [4.69, 9.17) is 4.74 Å². The van der Waals surface area contributed by atoms with Gasteiger partial charge in [0, 0.05) is 17.9 Å². The highest BCUT2D eigenvalue weighted by molar-refractivity contribution is 5.77. The Kier molecular flexibility index (Phi) is 3.37. The standard InChI is InChI=1S/C15H24O6/c1-14(20,6-17)10-9-8-4-3-7(5-16)15(8,2)12(18)11(10)21-13(9)19/h7-12,16-18,20H,3-6H2,1-2H3/t7-,8-,9+,10-,11+,12+,14?,15-/m0/s1. The van der Waals surface area contributed by atoms with E-state index in [9.17, 15) is 25.2 Å². The number of aliphatic hydroxyl groups is 4. The summed E-state index contributed by atoms with van der Waals surface area (Å²) in [6, 6.07) is 0. The number of fused-ring (bicyclic) bond motifs is 4. The fourth-order valence-electron chi connectivity index (χ4n) is 5.13. The summed E-state index contributed by atoms with van der Waals surface area (Å²) in [4.78, 5) is 12.3. The molecule has 8 atom stereocenters. The van der Waals surface area contributed by atoms with Gasteiger partial charge in [0.1, 0.15) is 6.10 Å². The van der Waals surface area contributed by atoms with Crippen LogP contribution in [0, 0.1) is 29.1 Å². The number of hydrogen-bond acceptors (Lipinski definition) is 6. The first kappa shape index (κ1) is 15.2. The first-order valence-corrected chi connectivity index (χ1v) is 7.61. The van der Waals surface area contributed by atoms with Crippen LogP contribution < -0.4 is 0 Å². The summed E-state index contributed by atoms with van der Waals surface area (Å²) in [7, 11) is 0. The molecule has 3 aliphatic rings. The van der Waals surface area contributed by atoms with Crippen molar-refractivity contribution in [2.75, 3.05) is 13.2 Å². The van der Waals surface area contributed by atoms with E-state index in [1.54, 1.807) is 0 Å². The van der Waals surface area contributed by atoms with Crippen molar-refractivity contribution in [3.8, 4) is 0 Å². The lowest BCUT2D eigenvalue weighted by molar-refractivity contribution is -0.181. The van der Waals surface area contributed by atoms with E-state index in [-0.39, 0.29) is 18.4 Å². The van der Waals surface area contributed by atoms with Crippen molar-refractivity contribution < 1.29 is 30.0 Å². The Bertz CT molecular complexity index is 449. The van der Waals surface area contributed by atoms with Gasteiger partial charge in [0.05, 0.1) is 24.2 Å². The lowest BCUT2D eigenvalue weighted by Gasteiger charge is -2.51. The summed E-state index contributed by atoms with van der Waals surface area (Å²) >= 11 is 0. The molecule has 4 N–H and O–H groups in total. The minimum atomic E-state index is -1.47. The van der Waals surface area contributed by atoms with Gasteiger partial charge in [-0.05, 0) is 31.6 Å². The monoisotopic (exact) mass is 300 g/mol. The van der Waals surface area contributed by atoms with Gasteiger partial charge in [0.25, 0.3) is 0 Å². The average Bonchev–Trinajstić information content (AvgIpc) is 2.94. The van der Waals surface area contributed by atoms with E-state index in [1.807, 2.05) is 6.92 Å². The van der Waals surface area contributed by atoms with E-state index in [0.29, 0.717) is 6.42 Å². The van der Waals surface area contributed by atoms with Crippen LogP contribution >= 0.6 is 0 Å². The largest absolute Gasteiger partial charge is 0.459 e. The second kappa shape index (κ2) is 4.65. The third-order valence-electron chi connectivity index (χ3n) is 6.41. The summed E-state index contributed by atoms with van der Waals surface area (Å²) in [6.45, 7) is 2.87. The minimum Gasteiger partial charge on any atom is -0.459 e. The minimum absolute atomic E-state index is 0.0290. The van der Waals surface area contributed by atoms with Crippen molar-refractivity contribution >= 4 is 5.97 Å². The molecule has 0 spiro atoms. The molecule has 1 heterocycles. The number of ether oxygens (including phenoxy) is 1. The van der Waals surface area contributed by atoms with Gasteiger partial charge in [-0.2, -0.15) is 0 Å². The third kappa shape index (κ3) is 1.76. The molecule has 1 aliphatic heterocycles. The van der Waals surface area contributed by atoms with Crippen LogP contribution in [0.5, 0.6) is 0 Å². The predicted octanol–water partition coefficient (Wildman–Crippen LogP) is -0.713. The molecule has 2 aliphatic carbocycles. The van der Waals surface area contributed by atoms with Crippen LogP contribution in [0.2, 0.25) is 0 Å². The molecule has 1 unspecified atom stereocenters.